The number of nitrogens with zero attached hydrogens (tertiary/aromatic N) is 3. The third kappa shape index (κ3) is 3.26. The number of hydrogen-bond acceptors (Lipinski definition) is 6. The molecule has 0 spiro atoms. The Kier molecular flexibility index (Phi) is 4.65. The highest BCUT2D eigenvalue weighted by Gasteiger charge is 2.11. The van der Waals surface area contributed by atoms with Crippen molar-refractivity contribution in [1.82, 2.24) is 20.3 Å². The Balaban J connectivity index is 1.73. The standard InChI is InChI=1S/C15H14N4OS2/c1-21-9-13-19-10(8-22-13)7-18-15(20)11-3-2-4-12-14(11)17-6-5-16-12/h2-6,8H,7,9H2,1H3,(H,18,20). The summed E-state index contributed by atoms with van der Waals surface area (Å²) in [6.07, 6.45) is 5.26. The summed E-state index contributed by atoms with van der Waals surface area (Å²) in [5.41, 5.74) is 2.74. The van der Waals surface area contributed by atoms with Crippen LogP contribution in [-0.4, -0.2) is 27.1 Å². The molecule has 0 aliphatic heterocycles. The summed E-state index contributed by atoms with van der Waals surface area (Å²) in [6.45, 7) is 0.417. The Bertz CT molecular complexity index is 798. The minimum Gasteiger partial charge on any atom is -0.346 e. The molecule has 0 unspecified atom stereocenters. The second-order valence-electron chi connectivity index (χ2n) is 4.58. The fourth-order valence-electron chi connectivity index (χ4n) is 2.06. The molecular weight excluding hydrogens is 316 g/mol. The van der Waals surface area contributed by atoms with Gasteiger partial charge in [0.2, 0.25) is 0 Å². The lowest BCUT2D eigenvalue weighted by Crippen LogP contribution is -2.23. The number of carbonyl (C=O) groups is 1. The van der Waals surface area contributed by atoms with Crippen LogP contribution in [0.25, 0.3) is 11.0 Å². The molecule has 3 rings (SSSR count). The third-order valence-corrected chi connectivity index (χ3v) is 4.68. The van der Waals surface area contributed by atoms with E-state index < -0.39 is 0 Å². The van der Waals surface area contributed by atoms with E-state index >= 15 is 0 Å². The van der Waals surface area contributed by atoms with E-state index in [-0.39, 0.29) is 5.91 Å². The van der Waals surface area contributed by atoms with Crippen LogP contribution in [0.3, 0.4) is 0 Å². The quantitative estimate of drug-likeness (QED) is 0.779. The fraction of sp³-hybridized carbons (Fsp3) is 0.200. The molecule has 1 N–H and O–H groups in total. The van der Waals surface area contributed by atoms with Gasteiger partial charge in [0.25, 0.3) is 5.91 Å². The van der Waals surface area contributed by atoms with Gasteiger partial charge in [0.1, 0.15) is 10.5 Å². The number of aromatic nitrogens is 3. The predicted molar refractivity (Wildman–Crippen MR) is 90.0 cm³/mol. The summed E-state index contributed by atoms with van der Waals surface area (Å²) in [7, 11) is 0. The van der Waals surface area contributed by atoms with Gasteiger partial charge in [-0.25, -0.2) is 4.98 Å². The smallest absolute Gasteiger partial charge is 0.253 e. The number of fused-ring (bicyclic) bond motifs is 1. The molecule has 0 saturated carbocycles. The first-order valence-corrected chi connectivity index (χ1v) is 8.95. The van der Waals surface area contributed by atoms with E-state index in [9.17, 15) is 4.79 Å². The number of rotatable bonds is 5. The van der Waals surface area contributed by atoms with Gasteiger partial charge in [0.05, 0.1) is 23.3 Å². The minimum atomic E-state index is -0.162. The van der Waals surface area contributed by atoms with Crippen LogP contribution in [-0.2, 0) is 12.3 Å². The molecule has 0 bridgehead atoms. The van der Waals surface area contributed by atoms with Crippen LogP contribution in [0.1, 0.15) is 21.1 Å². The van der Waals surface area contributed by atoms with Crippen molar-refractivity contribution < 1.29 is 4.79 Å². The molecule has 0 fully saturated rings. The number of para-hydroxylation sites is 1. The monoisotopic (exact) mass is 330 g/mol. The highest BCUT2D eigenvalue weighted by molar-refractivity contribution is 7.97. The van der Waals surface area contributed by atoms with Gasteiger partial charge in [-0.3, -0.25) is 14.8 Å². The van der Waals surface area contributed by atoms with Crippen LogP contribution < -0.4 is 5.32 Å². The summed E-state index contributed by atoms with van der Waals surface area (Å²) in [5.74, 6) is 0.739. The predicted octanol–water partition coefficient (Wildman–Crippen LogP) is 2.88. The van der Waals surface area contributed by atoms with Gasteiger partial charge >= 0.3 is 0 Å². The molecule has 0 saturated heterocycles. The average molecular weight is 330 g/mol. The van der Waals surface area contributed by atoms with Crippen molar-refractivity contribution >= 4 is 40.0 Å². The average Bonchev–Trinajstić information content (AvgIpc) is 3.00. The van der Waals surface area contributed by atoms with Crippen LogP contribution in [0.15, 0.2) is 36.0 Å². The Morgan fingerprint density at radius 2 is 2.18 bits per heavy atom. The molecule has 7 heteroatoms. The molecule has 5 nitrogen and oxygen atoms in total. The lowest BCUT2D eigenvalue weighted by molar-refractivity contribution is 0.0952. The topological polar surface area (TPSA) is 67.8 Å². The van der Waals surface area contributed by atoms with Gasteiger partial charge in [-0.15, -0.1) is 11.3 Å². The summed E-state index contributed by atoms with van der Waals surface area (Å²) in [5, 5.41) is 5.95. The maximum atomic E-state index is 12.4. The van der Waals surface area contributed by atoms with Crippen LogP contribution in [0.5, 0.6) is 0 Å². The number of amides is 1. The molecule has 1 amide bonds. The van der Waals surface area contributed by atoms with Crippen molar-refractivity contribution in [1.29, 1.82) is 0 Å². The van der Waals surface area contributed by atoms with Crippen molar-refractivity contribution in [3.05, 3.63) is 52.2 Å². The molecular formula is C15H14N4OS2. The lowest BCUT2D eigenvalue weighted by atomic mass is 10.1. The maximum Gasteiger partial charge on any atom is 0.253 e. The molecule has 0 atom stereocenters. The minimum absolute atomic E-state index is 0.162. The SMILES string of the molecule is CSCc1nc(CNC(=O)c2cccc3nccnc23)cs1. The van der Waals surface area contributed by atoms with Gasteiger partial charge in [-0.2, -0.15) is 11.8 Å². The Morgan fingerprint density at radius 3 is 3.05 bits per heavy atom. The van der Waals surface area contributed by atoms with Crippen molar-refractivity contribution in [2.45, 2.75) is 12.3 Å². The zero-order valence-corrected chi connectivity index (χ0v) is 13.6. The van der Waals surface area contributed by atoms with Gasteiger partial charge in [-0.05, 0) is 18.4 Å². The van der Waals surface area contributed by atoms with Crippen LogP contribution >= 0.6 is 23.1 Å². The molecule has 0 radical (unpaired) electrons. The molecule has 0 aliphatic rings. The van der Waals surface area contributed by atoms with E-state index in [1.54, 1.807) is 41.6 Å². The van der Waals surface area contributed by atoms with Crippen LogP contribution in [0.2, 0.25) is 0 Å². The Hall–Kier alpha value is -1.99. The summed E-state index contributed by atoms with van der Waals surface area (Å²) in [4.78, 5) is 25.3. The molecule has 112 valence electrons. The number of thioether (sulfide) groups is 1. The lowest BCUT2D eigenvalue weighted by Gasteiger charge is -2.05. The van der Waals surface area contributed by atoms with Crippen LogP contribution in [0, 0.1) is 0 Å². The van der Waals surface area contributed by atoms with Crippen LogP contribution in [0.4, 0.5) is 0 Å². The molecule has 2 aromatic heterocycles. The maximum absolute atomic E-state index is 12.4. The highest BCUT2D eigenvalue weighted by Crippen LogP contribution is 2.16. The van der Waals surface area contributed by atoms with Gasteiger partial charge < -0.3 is 5.32 Å². The van der Waals surface area contributed by atoms with Crippen molar-refractivity contribution in [2.24, 2.45) is 0 Å². The zero-order valence-electron chi connectivity index (χ0n) is 11.9. The third-order valence-electron chi connectivity index (χ3n) is 3.04. The van der Waals surface area contributed by atoms with Gasteiger partial charge in [0.15, 0.2) is 0 Å². The van der Waals surface area contributed by atoms with Crippen molar-refractivity contribution in [3.63, 3.8) is 0 Å². The molecule has 3 aromatic rings. The van der Waals surface area contributed by atoms with Crippen molar-refractivity contribution in [2.75, 3.05) is 6.26 Å². The van der Waals surface area contributed by atoms with E-state index in [1.807, 2.05) is 23.8 Å². The first-order valence-electron chi connectivity index (χ1n) is 6.68. The first kappa shape index (κ1) is 14.9. The Morgan fingerprint density at radius 1 is 1.32 bits per heavy atom. The van der Waals surface area contributed by atoms with Crippen molar-refractivity contribution in [3.8, 4) is 0 Å². The summed E-state index contributed by atoms with van der Waals surface area (Å²) < 4.78 is 0. The second kappa shape index (κ2) is 6.85. The number of nitrogens with one attached hydrogen (secondary N) is 1. The largest absolute Gasteiger partial charge is 0.346 e. The van der Waals surface area contributed by atoms with E-state index in [2.05, 4.69) is 20.3 Å². The first-order chi connectivity index (χ1) is 10.8. The number of carbonyl (C=O) groups excluding carboxylic acids is 1. The molecule has 1 aromatic carbocycles. The molecule has 22 heavy (non-hydrogen) atoms. The van der Waals surface area contributed by atoms with E-state index in [4.69, 9.17) is 0 Å². The van der Waals surface area contributed by atoms with Gasteiger partial charge in [-0.1, -0.05) is 6.07 Å². The number of thiazole rings is 1. The van der Waals surface area contributed by atoms with E-state index in [0.717, 1.165) is 16.5 Å². The zero-order chi connectivity index (χ0) is 15.4. The molecule has 0 aliphatic carbocycles. The fourth-order valence-corrected chi connectivity index (χ4v) is 3.58. The Labute approximate surface area is 136 Å². The van der Waals surface area contributed by atoms with E-state index in [1.165, 1.54) is 0 Å². The number of hydrogen-bond donors (Lipinski definition) is 1. The summed E-state index contributed by atoms with van der Waals surface area (Å²) in [6, 6.07) is 5.41. The normalized spacial score (nSPS) is 10.8. The van der Waals surface area contributed by atoms with Gasteiger partial charge in [0, 0.05) is 23.5 Å². The highest BCUT2D eigenvalue weighted by atomic mass is 32.2. The van der Waals surface area contributed by atoms with E-state index in [0.29, 0.717) is 23.1 Å². The number of benzene rings is 1. The summed E-state index contributed by atoms with van der Waals surface area (Å²) >= 11 is 3.35. The molecule has 2 heterocycles. The second-order valence-corrected chi connectivity index (χ2v) is 6.39.